The van der Waals surface area contributed by atoms with Crippen molar-refractivity contribution in [3.05, 3.63) is 29.8 Å². The van der Waals surface area contributed by atoms with E-state index in [0.29, 0.717) is 19.6 Å². The van der Waals surface area contributed by atoms with Gasteiger partial charge in [-0.25, -0.2) is 17.9 Å². The van der Waals surface area contributed by atoms with E-state index in [1.54, 1.807) is 0 Å². The summed E-state index contributed by atoms with van der Waals surface area (Å²) >= 11 is 0. The van der Waals surface area contributed by atoms with E-state index in [1.165, 1.54) is 24.3 Å². The standard InChI is InChI=1S/C13H19NO5S/c1-2-9-19-10-3-8-14-20(17,18)12-6-4-11(5-7-12)13(15)16/h4-7,14H,2-3,8-10H2,1H3,(H,15,16). The molecule has 0 aliphatic carbocycles. The van der Waals surface area contributed by atoms with Crippen LogP contribution >= 0.6 is 0 Å². The molecular weight excluding hydrogens is 282 g/mol. The molecular formula is C13H19NO5S. The Balaban J connectivity index is 2.49. The van der Waals surface area contributed by atoms with Crippen molar-refractivity contribution in [2.75, 3.05) is 19.8 Å². The van der Waals surface area contributed by atoms with E-state index >= 15 is 0 Å². The van der Waals surface area contributed by atoms with Gasteiger partial charge in [0.25, 0.3) is 0 Å². The van der Waals surface area contributed by atoms with Crippen LogP contribution in [0.5, 0.6) is 0 Å². The van der Waals surface area contributed by atoms with Crippen LogP contribution in [0.3, 0.4) is 0 Å². The highest BCUT2D eigenvalue weighted by Gasteiger charge is 2.13. The molecule has 0 atom stereocenters. The summed E-state index contributed by atoms with van der Waals surface area (Å²) in [6.45, 7) is 3.47. The normalized spacial score (nSPS) is 11.4. The Bertz CT molecular complexity index is 524. The molecule has 7 heteroatoms. The van der Waals surface area contributed by atoms with Crippen molar-refractivity contribution in [1.29, 1.82) is 0 Å². The maximum Gasteiger partial charge on any atom is 0.335 e. The molecule has 0 amide bonds. The fourth-order valence-corrected chi connectivity index (χ4v) is 2.56. The molecule has 1 rings (SSSR count). The molecule has 0 aliphatic heterocycles. The summed E-state index contributed by atoms with van der Waals surface area (Å²) < 4.78 is 31.5. The van der Waals surface area contributed by atoms with Crippen molar-refractivity contribution in [1.82, 2.24) is 4.72 Å². The lowest BCUT2D eigenvalue weighted by molar-refractivity contribution is 0.0696. The predicted molar refractivity (Wildman–Crippen MR) is 74.3 cm³/mol. The highest BCUT2D eigenvalue weighted by molar-refractivity contribution is 7.89. The Kier molecular flexibility index (Phi) is 6.63. The maximum atomic E-state index is 11.9. The van der Waals surface area contributed by atoms with Crippen molar-refractivity contribution in [3.8, 4) is 0 Å². The van der Waals surface area contributed by atoms with Gasteiger partial charge in [0.05, 0.1) is 10.5 Å². The Morgan fingerprint density at radius 2 is 1.90 bits per heavy atom. The monoisotopic (exact) mass is 301 g/mol. The molecule has 6 nitrogen and oxygen atoms in total. The van der Waals surface area contributed by atoms with Crippen LogP contribution < -0.4 is 4.72 Å². The van der Waals surface area contributed by atoms with Crippen molar-refractivity contribution in [2.45, 2.75) is 24.7 Å². The minimum absolute atomic E-state index is 0.0527. The van der Waals surface area contributed by atoms with E-state index in [4.69, 9.17) is 9.84 Å². The number of benzene rings is 1. The topological polar surface area (TPSA) is 92.7 Å². The van der Waals surface area contributed by atoms with Gasteiger partial charge < -0.3 is 9.84 Å². The second-order valence-corrected chi connectivity index (χ2v) is 5.96. The molecule has 0 saturated carbocycles. The number of sulfonamides is 1. The van der Waals surface area contributed by atoms with Crippen LogP contribution in [0.2, 0.25) is 0 Å². The van der Waals surface area contributed by atoms with E-state index in [0.717, 1.165) is 6.42 Å². The summed E-state index contributed by atoms with van der Waals surface area (Å²) in [7, 11) is -3.59. The molecule has 0 bridgehead atoms. The maximum absolute atomic E-state index is 11.9. The zero-order chi connectivity index (χ0) is 15.0. The number of ether oxygens (including phenoxy) is 1. The smallest absolute Gasteiger partial charge is 0.335 e. The van der Waals surface area contributed by atoms with Crippen LogP contribution in [0, 0.1) is 0 Å². The lowest BCUT2D eigenvalue weighted by Crippen LogP contribution is -2.25. The fraction of sp³-hybridized carbons (Fsp3) is 0.462. The largest absolute Gasteiger partial charge is 0.478 e. The molecule has 0 aliphatic rings. The van der Waals surface area contributed by atoms with Crippen molar-refractivity contribution in [2.24, 2.45) is 0 Å². The average Bonchev–Trinajstić information content (AvgIpc) is 2.43. The zero-order valence-electron chi connectivity index (χ0n) is 11.3. The van der Waals surface area contributed by atoms with Gasteiger partial charge in [0.1, 0.15) is 0 Å². The second-order valence-electron chi connectivity index (χ2n) is 4.19. The van der Waals surface area contributed by atoms with Crippen molar-refractivity contribution in [3.63, 3.8) is 0 Å². The van der Waals surface area contributed by atoms with E-state index in [-0.39, 0.29) is 17.0 Å². The number of hydrogen-bond donors (Lipinski definition) is 2. The number of carboxylic acid groups (broad SMARTS) is 1. The third kappa shape index (κ3) is 5.28. The molecule has 0 saturated heterocycles. The van der Waals surface area contributed by atoms with Gasteiger partial charge in [-0.15, -0.1) is 0 Å². The van der Waals surface area contributed by atoms with Gasteiger partial charge in [-0.05, 0) is 37.1 Å². The lowest BCUT2D eigenvalue weighted by atomic mass is 10.2. The Morgan fingerprint density at radius 1 is 1.25 bits per heavy atom. The third-order valence-corrected chi connectivity index (χ3v) is 3.99. The molecule has 2 N–H and O–H groups in total. The summed E-state index contributed by atoms with van der Waals surface area (Å²) in [5, 5.41) is 8.74. The van der Waals surface area contributed by atoms with Crippen molar-refractivity contribution >= 4 is 16.0 Å². The molecule has 1 aromatic carbocycles. The first kappa shape index (κ1) is 16.6. The fourth-order valence-electron chi connectivity index (χ4n) is 1.49. The Morgan fingerprint density at radius 3 is 2.45 bits per heavy atom. The Labute approximate surface area is 118 Å². The van der Waals surface area contributed by atoms with Crippen LogP contribution in [0.15, 0.2) is 29.2 Å². The molecule has 0 fully saturated rings. The number of carboxylic acids is 1. The molecule has 0 aromatic heterocycles. The minimum atomic E-state index is -3.59. The molecule has 0 radical (unpaired) electrons. The van der Waals surface area contributed by atoms with E-state index < -0.39 is 16.0 Å². The zero-order valence-corrected chi connectivity index (χ0v) is 12.1. The number of hydrogen-bond acceptors (Lipinski definition) is 4. The van der Waals surface area contributed by atoms with Gasteiger partial charge in [0.2, 0.25) is 10.0 Å². The summed E-state index contributed by atoms with van der Waals surface area (Å²) in [6, 6.07) is 5.08. The first-order valence-electron chi connectivity index (χ1n) is 6.38. The van der Waals surface area contributed by atoms with Gasteiger partial charge in [-0.1, -0.05) is 6.92 Å². The average molecular weight is 301 g/mol. The summed E-state index contributed by atoms with van der Waals surface area (Å²) in [6.07, 6.45) is 1.52. The van der Waals surface area contributed by atoms with Crippen LogP contribution in [0.4, 0.5) is 0 Å². The van der Waals surface area contributed by atoms with Crippen molar-refractivity contribution < 1.29 is 23.1 Å². The van der Waals surface area contributed by atoms with Gasteiger partial charge in [0, 0.05) is 19.8 Å². The highest BCUT2D eigenvalue weighted by atomic mass is 32.2. The summed E-state index contributed by atoms with van der Waals surface area (Å²) in [4.78, 5) is 10.7. The molecule has 112 valence electrons. The van der Waals surface area contributed by atoms with Gasteiger partial charge in [0.15, 0.2) is 0 Å². The SMILES string of the molecule is CCCOCCCNS(=O)(=O)c1ccc(C(=O)O)cc1. The van der Waals surface area contributed by atoms with E-state index in [1.807, 2.05) is 6.92 Å². The molecule has 1 aromatic rings. The lowest BCUT2D eigenvalue weighted by Gasteiger charge is -2.07. The summed E-state index contributed by atoms with van der Waals surface area (Å²) in [5.74, 6) is -1.09. The number of nitrogens with one attached hydrogen (secondary N) is 1. The van der Waals surface area contributed by atoms with Gasteiger partial charge in [-0.2, -0.15) is 0 Å². The number of aromatic carboxylic acids is 1. The summed E-state index contributed by atoms with van der Waals surface area (Å²) in [5.41, 5.74) is 0.0527. The molecule has 0 unspecified atom stereocenters. The molecule has 0 heterocycles. The minimum Gasteiger partial charge on any atom is -0.478 e. The molecule has 20 heavy (non-hydrogen) atoms. The third-order valence-electron chi connectivity index (χ3n) is 2.52. The van der Waals surface area contributed by atoms with Gasteiger partial charge in [-0.3, -0.25) is 0 Å². The van der Waals surface area contributed by atoms with Crippen LogP contribution in [-0.4, -0.2) is 39.3 Å². The predicted octanol–water partition coefficient (Wildman–Crippen LogP) is 1.48. The Hall–Kier alpha value is -1.44. The first-order chi connectivity index (χ1) is 9.47. The number of rotatable bonds is 9. The van der Waals surface area contributed by atoms with Crippen LogP contribution in [-0.2, 0) is 14.8 Å². The van der Waals surface area contributed by atoms with E-state index in [2.05, 4.69) is 4.72 Å². The van der Waals surface area contributed by atoms with Crippen LogP contribution in [0.1, 0.15) is 30.1 Å². The van der Waals surface area contributed by atoms with Gasteiger partial charge >= 0.3 is 5.97 Å². The van der Waals surface area contributed by atoms with Crippen LogP contribution in [0.25, 0.3) is 0 Å². The van der Waals surface area contributed by atoms with E-state index in [9.17, 15) is 13.2 Å². The second kappa shape index (κ2) is 7.98. The number of carbonyl (C=O) groups is 1. The highest BCUT2D eigenvalue weighted by Crippen LogP contribution is 2.10. The molecule has 0 spiro atoms. The first-order valence-corrected chi connectivity index (χ1v) is 7.86. The quantitative estimate of drug-likeness (QED) is 0.674.